The van der Waals surface area contributed by atoms with Gasteiger partial charge in [0.05, 0.1) is 12.8 Å². The van der Waals surface area contributed by atoms with E-state index < -0.39 is 0 Å². The Hall–Kier alpha value is -2.80. The average Bonchev–Trinajstić information content (AvgIpc) is 2.62. The molecule has 0 heterocycles. The van der Waals surface area contributed by atoms with Crippen LogP contribution in [0.1, 0.15) is 25.0 Å². The fraction of sp³-hybridized carbons (Fsp3) is 0.263. The van der Waals surface area contributed by atoms with Crippen LogP contribution in [-0.2, 0) is 0 Å². The number of hydrogen-bond donors (Lipinski definition) is 0. The Morgan fingerprint density at radius 3 is 1.87 bits per heavy atom. The summed E-state index contributed by atoms with van der Waals surface area (Å²) in [4.78, 5) is 0. The second-order valence-corrected chi connectivity index (χ2v) is 4.85. The van der Waals surface area contributed by atoms with E-state index in [1.54, 1.807) is 7.11 Å². The molecule has 0 radical (unpaired) electrons. The summed E-state index contributed by atoms with van der Waals surface area (Å²) >= 11 is 0. The molecule has 0 fully saturated rings. The van der Waals surface area contributed by atoms with Crippen molar-refractivity contribution in [2.45, 2.75) is 13.8 Å². The molecule has 0 aliphatic carbocycles. The summed E-state index contributed by atoms with van der Waals surface area (Å²) in [6.07, 6.45) is 0. The summed E-state index contributed by atoms with van der Waals surface area (Å²) in [7, 11) is 1.65. The first-order valence-corrected chi connectivity index (χ1v) is 7.68. The van der Waals surface area contributed by atoms with Crippen LogP contribution >= 0.6 is 0 Å². The third-order valence-corrected chi connectivity index (χ3v) is 3.33. The average molecular weight is 307 g/mol. The van der Waals surface area contributed by atoms with Crippen molar-refractivity contribution in [1.29, 1.82) is 0 Å². The second kappa shape index (κ2) is 8.60. The Bertz CT molecular complexity index is 690. The lowest BCUT2D eigenvalue weighted by Gasteiger charge is -2.10. The van der Waals surface area contributed by atoms with Crippen molar-refractivity contribution >= 4 is 5.69 Å². The van der Waals surface area contributed by atoms with E-state index in [2.05, 4.69) is 36.0 Å². The molecule has 2 aromatic rings. The first kappa shape index (κ1) is 16.6. The molecule has 0 unspecified atom stereocenters. The number of rotatable bonds is 5. The van der Waals surface area contributed by atoms with Gasteiger partial charge in [-0.3, -0.25) is 5.01 Å². The molecule has 4 nitrogen and oxygen atoms in total. The highest BCUT2D eigenvalue weighted by molar-refractivity contribution is 5.47. The monoisotopic (exact) mass is 307 g/mol. The van der Waals surface area contributed by atoms with Crippen LogP contribution in [0.4, 0.5) is 5.69 Å². The molecule has 0 aromatic heterocycles. The van der Waals surface area contributed by atoms with Gasteiger partial charge in [-0.25, -0.2) is 0 Å². The predicted octanol–water partition coefficient (Wildman–Crippen LogP) is 4.44. The third kappa shape index (κ3) is 5.15. The lowest BCUT2D eigenvalue weighted by molar-refractivity contribution is 0.301. The van der Waals surface area contributed by atoms with Crippen LogP contribution < -0.4 is 4.74 Å². The minimum Gasteiger partial charge on any atom is -0.497 e. The van der Waals surface area contributed by atoms with E-state index in [-0.39, 0.29) is 0 Å². The molecule has 2 rings (SSSR count). The molecule has 0 atom stereocenters. The Morgan fingerprint density at radius 1 is 0.870 bits per heavy atom. The van der Waals surface area contributed by atoms with Gasteiger partial charge in [0, 0.05) is 24.2 Å². The predicted molar refractivity (Wildman–Crippen MR) is 92.9 cm³/mol. The molecule has 118 valence electrons. The molecule has 4 heteroatoms. The van der Waals surface area contributed by atoms with Crippen LogP contribution in [0.25, 0.3) is 0 Å². The van der Waals surface area contributed by atoms with Crippen molar-refractivity contribution in [2.24, 2.45) is 10.3 Å². The van der Waals surface area contributed by atoms with E-state index in [0.717, 1.165) is 35.7 Å². The highest BCUT2D eigenvalue weighted by Crippen LogP contribution is 2.14. The van der Waals surface area contributed by atoms with E-state index in [4.69, 9.17) is 4.74 Å². The van der Waals surface area contributed by atoms with E-state index in [1.165, 1.54) is 0 Å². The Kier molecular flexibility index (Phi) is 6.19. The van der Waals surface area contributed by atoms with Crippen LogP contribution in [0.5, 0.6) is 5.75 Å². The lowest BCUT2D eigenvalue weighted by Crippen LogP contribution is -2.14. The molecule has 23 heavy (non-hydrogen) atoms. The maximum Gasteiger partial charge on any atom is 0.118 e. The molecular weight excluding hydrogens is 286 g/mol. The van der Waals surface area contributed by atoms with Gasteiger partial charge >= 0.3 is 0 Å². The quantitative estimate of drug-likeness (QED) is 0.465. The lowest BCUT2D eigenvalue weighted by atomic mass is 10.1. The molecule has 0 aliphatic rings. The van der Waals surface area contributed by atoms with Crippen LogP contribution in [0.15, 0.2) is 58.9 Å². The van der Waals surface area contributed by atoms with Gasteiger partial charge in [-0.05, 0) is 62.4 Å². The molecule has 0 amide bonds. The van der Waals surface area contributed by atoms with Crippen LogP contribution in [0.3, 0.4) is 0 Å². The van der Waals surface area contributed by atoms with Gasteiger partial charge in [-0.15, -0.1) is 5.11 Å². The fourth-order valence-corrected chi connectivity index (χ4v) is 1.90. The minimum absolute atomic E-state index is 0.826. The molecule has 0 saturated heterocycles. The van der Waals surface area contributed by atoms with E-state index in [0.29, 0.717) is 0 Å². The van der Waals surface area contributed by atoms with Crippen molar-refractivity contribution in [3.05, 3.63) is 59.7 Å². The fourth-order valence-electron chi connectivity index (χ4n) is 1.90. The first-order valence-electron chi connectivity index (χ1n) is 7.68. The van der Waals surface area contributed by atoms with Crippen molar-refractivity contribution in [3.8, 4) is 17.6 Å². The van der Waals surface area contributed by atoms with E-state index >= 15 is 0 Å². The van der Waals surface area contributed by atoms with Gasteiger partial charge < -0.3 is 4.74 Å². The highest BCUT2D eigenvalue weighted by Gasteiger charge is 1.94. The number of hydrogen-bond acceptors (Lipinski definition) is 3. The van der Waals surface area contributed by atoms with Crippen molar-refractivity contribution in [1.82, 2.24) is 5.01 Å². The zero-order valence-electron chi connectivity index (χ0n) is 13.8. The van der Waals surface area contributed by atoms with Gasteiger partial charge in [0.15, 0.2) is 0 Å². The summed E-state index contributed by atoms with van der Waals surface area (Å²) in [5.74, 6) is 7.10. The van der Waals surface area contributed by atoms with Gasteiger partial charge in [-0.1, -0.05) is 17.1 Å². The number of methoxy groups -OCH3 is 1. The van der Waals surface area contributed by atoms with Gasteiger partial charge in [-0.2, -0.15) is 0 Å². The van der Waals surface area contributed by atoms with Crippen molar-refractivity contribution in [3.63, 3.8) is 0 Å². The van der Waals surface area contributed by atoms with Gasteiger partial charge in [0.1, 0.15) is 5.75 Å². The van der Waals surface area contributed by atoms with E-state index in [1.807, 2.05) is 53.5 Å². The number of benzene rings is 2. The van der Waals surface area contributed by atoms with Crippen LogP contribution in [-0.4, -0.2) is 25.2 Å². The molecule has 2 aromatic carbocycles. The SMILES string of the molecule is CCN(CC)N=Nc1ccc(C#Cc2ccc(OC)cc2)cc1. The number of ether oxygens (including phenoxy) is 1. The standard InChI is InChI=1S/C19H21N3O/c1-4-22(5-2)21-20-18-12-8-16(9-13-18)6-7-17-10-14-19(23-3)15-11-17/h8-15H,4-5H2,1-3H3. The Morgan fingerprint density at radius 2 is 1.39 bits per heavy atom. The van der Waals surface area contributed by atoms with Crippen molar-refractivity contribution in [2.75, 3.05) is 20.2 Å². The molecule has 0 saturated carbocycles. The second-order valence-electron chi connectivity index (χ2n) is 4.85. The normalized spacial score (nSPS) is 10.2. The minimum atomic E-state index is 0.826. The highest BCUT2D eigenvalue weighted by atomic mass is 16.5. The topological polar surface area (TPSA) is 37.2 Å². The molecule has 0 N–H and O–H groups in total. The smallest absolute Gasteiger partial charge is 0.118 e. The van der Waals surface area contributed by atoms with Gasteiger partial charge in [0.2, 0.25) is 0 Å². The maximum absolute atomic E-state index is 5.13. The zero-order valence-corrected chi connectivity index (χ0v) is 13.8. The summed E-state index contributed by atoms with van der Waals surface area (Å²) in [5.41, 5.74) is 2.73. The zero-order chi connectivity index (χ0) is 16.5. The van der Waals surface area contributed by atoms with Gasteiger partial charge in [0.25, 0.3) is 0 Å². The first-order chi connectivity index (χ1) is 11.2. The molecule has 0 bridgehead atoms. The molecule has 0 aliphatic heterocycles. The summed E-state index contributed by atoms with van der Waals surface area (Å²) < 4.78 is 5.13. The van der Waals surface area contributed by atoms with Crippen LogP contribution in [0, 0.1) is 11.8 Å². The third-order valence-electron chi connectivity index (χ3n) is 3.33. The summed E-state index contributed by atoms with van der Waals surface area (Å²) in [6, 6.07) is 15.4. The Labute approximate surface area is 137 Å². The van der Waals surface area contributed by atoms with Crippen LogP contribution in [0.2, 0.25) is 0 Å². The number of nitrogens with zero attached hydrogens (tertiary/aromatic N) is 3. The maximum atomic E-state index is 5.13. The summed E-state index contributed by atoms with van der Waals surface area (Å²) in [5, 5.41) is 10.3. The Balaban J connectivity index is 2.04. The molecular formula is C19H21N3O. The molecule has 0 spiro atoms. The van der Waals surface area contributed by atoms with Crippen molar-refractivity contribution < 1.29 is 4.74 Å². The van der Waals surface area contributed by atoms with E-state index in [9.17, 15) is 0 Å². The summed E-state index contributed by atoms with van der Waals surface area (Å²) in [6.45, 7) is 5.82. The largest absolute Gasteiger partial charge is 0.497 e.